The predicted octanol–water partition coefficient (Wildman–Crippen LogP) is 4.61. The molecule has 1 N–H and O–H groups in total. The zero-order chi connectivity index (χ0) is 22.6. The molecule has 0 aliphatic carbocycles. The summed E-state index contributed by atoms with van der Waals surface area (Å²) in [6, 6.07) is 15.6. The third-order valence-electron chi connectivity index (χ3n) is 6.16. The first-order valence-electron chi connectivity index (χ1n) is 11.4. The van der Waals surface area contributed by atoms with Gasteiger partial charge in [-0.05, 0) is 66.5 Å². The van der Waals surface area contributed by atoms with E-state index in [0.29, 0.717) is 12.1 Å². The number of thiophene rings is 1. The summed E-state index contributed by atoms with van der Waals surface area (Å²) < 4.78 is 7.19. The number of carbonyl (C=O) groups excluding carboxylic acids is 1. The van der Waals surface area contributed by atoms with Crippen molar-refractivity contribution in [2.75, 3.05) is 46.3 Å². The topological polar surface area (TPSA) is 57.7 Å². The maximum atomic E-state index is 12.9. The van der Waals surface area contributed by atoms with Gasteiger partial charge in [-0.15, -0.1) is 11.3 Å². The number of nitrogens with one attached hydrogen (secondary N) is 1. The smallest absolute Gasteiger partial charge is 0.251 e. The second-order valence-electron chi connectivity index (χ2n) is 8.49. The van der Waals surface area contributed by atoms with Crippen LogP contribution in [-0.4, -0.2) is 67.0 Å². The number of fused-ring (bicyclic) bond motifs is 2. The van der Waals surface area contributed by atoms with Crippen molar-refractivity contribution in [1.82, 2.24) is 20.1 Å². The Morgan fingerprint density at radius 1 is 1.12 bits per heavy atom. The van der Waals surface area contributed by atoms with E-state index in [4.69, 9.17) is 4.74 Å². The summed E-state index contributed by atoms with van der Waals surface area (Å²) >= 11 is 1.62. The number of benzene rings is 2. The molecule has 1 amide bonds. The normalized spacial score (nSPS) is 15.2. The van der Waals surface area contributed by atoms with Gasteiger partial charge in [0.05, 0.1) is 10.2 Å². The van der Waals surface area contributed by atoms with Crippen molar-refractivity contribution in [2.45, 2.75) is 6.42 Å². The van der Waals surface area contributed by atoms with Gasteiger partial charge in [0.1, 0.15) is 11.5 Å². The first kappa shape index (κ1) is 21.8. The van der Waals surface area contributed by atoms with E-state index >= 15 is 0 Å². The monoisotopic (exact) mass is 460 g/mol. The molecule has 1 aliphatic heterocycles. The second-order valence-corrected chi connectivity index (χ2v) is 9.41. The molecule has 33 heavy (non-hydrogen) atoms. The average molecular weight is 461 g/mol. The molecule has 170 valence electrons. The van der Waals surface area contributed by atoms with Crippen LogP contribution in [0.15, 0.2) is 60.1 Å². The highest BCUT2D eigenvalue weighted by Gasteiger charge is 2.14. The molecule has 2 aromatic carbocycles. The Kier molecular flexibility index (Phi) is 6.53. The number of rotatable bonds is 7. The standard InChI is InChI=1S/C26H28N4O2S/c1-29-13-15-30(16-14-29)12-3-10-28-26(31)22-5-2-4-19-18-20(6-7-21(19)22)32-24-8-11-27-23-9-17-33-25(23)24/h2,4-9,11,17-18H,3,10,12-16H2,1H3,(H,28,31). The third-order valence-corrected chi connectivity index (χ3v) is 7.08. The first-order valence-corrected chi connectivity index (χ1v) is 12.3. The molecule has 0 unspecified atom stereocenters. The number of ether oxygens (including phenoxy) is 1. The van der Waals surface area contributed by atoms with Gasteiger partial charge in [-0.25, -0.2) is 0 Å². The molecule has 4 aromatic rings. The van der Waals surface area contributed by atoms with Crippen LogP contribution < -0.4 is 10.1 Å². The lowest BCUT2D eigenvalue weighted by Crippen LogP contribution is -2.45. The van der Waals surface area contributed by atoms with Gasteiger partial charge < -0.3 is 19.9 Å². The minimum atomic E-state index is -0.0259. The molecular weight excluding hydrogens is 432 g/mol. The lowest BCUT2D eigenvalue weighted by atomic mass is 10.0. The zero-order valence-electron chi connectivity index (χ0n) is 18.8. The highest BCUT2D eigenvalue weighted by atomic mass is 32.1. The van der Waals surface area contributed by atoms with E-state index in [2.05, 4.69) is 27.1 Å². The van der Waals surface area contributed by atoms with Crippen LogP contribution in [0.1, 0.15) is 16.8 Å². The van der Waals surface area contributed by atoms with E-state index in [1.54, 1.807) is 17.5 Å². The van der Waals surface area contributed by atoms with E-state index in [0.717, 1.165) is 71.6 Å². The minimum absolute atomic E-state index is 0.0259. The fourth-order valence-corrected chi connectivity index (χ4v) is 5.05. The van der Waals surface area contributed by atoms with Crippen LogP contribution in [-0.2, 0) is 0 Å². The summed E-state index contributed by atoms with van der Waals surface area (Å²) in [5.41, 5.74) is 1.63. The predicted molar refractivity (Wildman–Crippen MR) is 135 cm³/mol. The summed E-state index contributed by atoms with van der Waals surface area (Å²) in [5, 5.41) is 7.02. The Labute approximate surface area is 197 Å². The van der Waals surface area contributed by atoms with Gasteiger partial charge in [0.25, 0.3) is 5.91 Å². The number of likely N-dealkylation sites (N-methyl/N-ethyl adjacent to an activating group) is 1. The Balaban J connectivity index is 1.23. The van der Waals surface area contributed by atoms with Crippen molar-refractivity contribution in [2.24, 2.45) is 0 Å². The number of hydrogen-bond donors (Lipinski definition) is 1. The van der Waals surface area contributed by atoms with E-state index in [-0.39, 0.29) is 5.91 Å². The SMILES string of the molecule is CN1CCN(CCCNC(=O)c2cccc3cc(Oc4ccnc5ccsc45)ccc23)CC1. The lowest BCUT2D eigenvalue weighted by Gasteiger charge is -2.32. The van der Waals surface area contributed by atoms with Crippen molar-refractivity contribution in [1.29, 1.82) is 0 Å². The van der Waals surface area contributed by atoms with E-state index < -0.39 is 0 Å². The van der Waals surface area contributed by atoms with Crippen molar-refractivity contribution < 1.29 is 9.53 Å². The molecule has 7 heteroatoms. The van der Waals surface area contributed by atoms with Gasteiger partial charge in [-0.3, -0.25) is 9.78 Å². The first-order chi connectivity index (χ1) is 16.2. The third kappa shape index (κ3) is 5.00. The van der Waals surface area contributed by atoms with Gasteiger partial charge in [-0.2, -0.15) is 0 Å². The number of nitrogens with zero attached hydrogens (tertiary/aromatic N) is 3. The second kappa shape index (κ2) is 9.87. The highest BCUT2D eigenvalue weighted by molar-refractivity contribution is 7.17. The van der Waals surface area contributed by atoms with Gasteiger partial charge in [0, 0.05) is 50.6 Å². The van der Waals surface area contributed by atoms with Crippen molar-refractivity contribution in [3.63, 3.8) is 0 Å². The summed E-state index contributed by atoms with van der Waals surface area (Å²) in [6.07, 6.45) is 2.72. The molecule has 0 atom stereocenters. The fourth-order valence-electron chi connectivity index (χ4n) is 4.25. The van der Waals surface area contributed by atoms with Gasteiger partial charge >= 0.3 is 0 Å². The number of amides is 1. The number of aromatic nitrogens is 1. The Bertz CT molecular complexity index is 1260. The van der Waals surface area contributed by atoms with Gasteiger partial charge in [0.2, 0.25) is 0 Å². The molecule has 6 nitrogen and oxygen atoms in total. The number of pyridine rings is 1. The minimum Gasteiger partial charge on any atom is -0.456 e. The van der Waals surface area contributed by atoms with Crippen molar-refractivity contribution >= 4 is 38.2 Å². The van der Waals surface area contributed by atoms with E-state index in [9.17, 15) is 4.79 Å². The Hall–Kier alpha value is -3.00. The quantitative estimate of drug-likeness (QED) is 0.408. The maximum absolute atomic E-state index is 12.9. The molecular formula is C26H28N4O2S. The highest BCUT2D eigenvalue weighted by Crippen LogP contribution is 2.33. The summed E-state index contributed by atoms with van der Waals surface area (Å²) in [6.45, 7) is 6.16. The number of hydrogen-bond acceptors (Lipinski definition) is 6. The van der Waals surface area contributed by atoms with Crippen LogP contribution in [0.25, 0.3) is 21.0 Å². The van der Waals surface area contributed by atoms with Crippen molar-refractivity contribution in [3.8, 4) is 11.5 Å². The van der Waals surface area contributed by atoms with Crippen LogP contribution in [0.3, 0.4) is 0 Å². The molecule has 0 spiro atoms. The van der Waals surface area contributed by atoms with Gasteiger partial charge in [-0.1, -0.05) is 12.1 Å². The van der Waals surface area contributed by atoms with Crippen LogP contribution in [0.2, 0.25) is 0 Å². The lowest BCUT2D eigenvalue weighted by molar-refractivity contribution is 0.0951. The molecule has 1 saturated heterocycles. The average Bonchev–Trinajstić information content (AvgIpc) is 3.32. The molecule has 3 heterocycles. The summed E-state index contributed by atoms with van der Waals surface area (Å²) in [4.78, 5) is 22.1. The van der Waals surface area contributed by atoms with Crippen LogP contribution in [0.5, 0.6) is 11.5 Å². The fraction of sp³-hybridized carbons (Fsp3) is 0.308. The largest absolute Gasteiger partial charge is 0.456 e. The number of carbonyl (C=O) groups is 1. The number of piperazine rings is 1. The molecule has 0 radical (unpaired) electrons. The summed E-state index contributed by atoms with van der Waals surface area (Å²) in [7, 11) is 2.17. The van der Waals surface area contributed by atoms with Crippen LogP contribution >= 0.6 is 11.3 Å². The van der Waals surface area contributed by atoms with E-state index in [1.165, 1.54) is 0 Å². The van der Waals surface area contributed by atoms with Crippen LogP contribution in [0, 0.1) is 0 Å². The molecule has 5 rings (SSSR count). The maximum Gasteiger partial charge on any atom is 0.251 e. The molecule has 1 aliphatic rings. The van der Waals surface area contributed by atoms with Gasteiger partial charge in [0.15, 0.2) is 0 Å². The summed E-state index contributed by atoms with van der Waals surface area (Å²) in [5.74, 6) is 1.51. The Morgan fingerprint density at radius 3 is 2.88 bits per heavy atom. The molecule has 2 aromatic heterocycles. The molecule has 0 bridgehead atoms. The molecule has 1 fully saturated rings. The van der Waals surface area contributed by atoms with Crippen molar-refractivity contribution in [3.05, 3.63) is 65.7 Å². The molecule has 0 saturated carbocycles. The van der Waals surface area contributed by atoms with E-state index in [1.807, 2.05) is 53.9 Å². The van der Waals surface area contributed by atoms with Crippen LogP contribution in [0.4, 0.5) is 0 Å². The zero-order valence-corrected chi connectivity index (χ0v) is 19.6. The Morgan fingerprint density at radius 2 is 2.00 bits per heavy atom.